The third kappa shape index (κ3) is 1.94. The maximum absolute atomic E-state index is 11.3. The van der Waals surface area contributed by atoms with Crippen LogP contribution in [0.2, 0.25) is 0 Å². The van der Waals surface area contributed by atoms with Crippen LogP contribution in [0.15, 0.2) is 24.3 Å². The number of benzene rings is 1. The van der Waals surface area contributed by atoms with Gasteiger partial charge in [-0.2, -0.15) is 0 Å². The van der Waals surface area contributed by atoms with E-state index in [0.29, 0.717) is 30.0 Å². The minimum absolute atomic E-state index is 0.0250. The van der Waals surface area contributed by atoms with E-state index in [1.54, 1.807) is 24.3 Å². The van der Waals surface area contributed by atoms with Gasteiger partial charge in [-0.25, -0.2) is 9.78 Å². The van der Waals surface area contributed by atoms with Gasteiger partial charge in [-0.3, -0.25) is 0 Å². The molecule has 20 heavy (non-hydrogen) atoms. The molecule has 1 aromatic heterocycles. The molecule has 2 heterocycles. The number of nitrogens with zero attached hydrogens (tertiary/aromatic N) is 2. The van der Waals surface area contributed by atoms with Gasteiger partial charge in [-0.15, -0.1) is 0 Å². The summed E-state index contributed by atoms with van der Waals surface area (Å²) in [5, 5.41) is 19.2. The molecule has 1 aliphatic rings. The minimum Gasteiger partial charge on any atom is -0.507 e. The largest absolute Gasteiger partial charge is 0.507 e. The Balaban J connectivity index is 2.21. The molecule has 4 N–H and O–H groups in total. The van der Waals surface area contributed by atoms with Crippen LogP contribution < -0.4 is 5.73 Å². The molecule has 3 rings (SSSR count). The minimum atomic E-state index is -1.05. The molecule has 0 aliphatic carbocycles. The molecule has 0 spiro atoms. The summed E-state index contributed by atoms with van der Waals surface area (Å²) in [5.41, 5.74) is 7.21. The Bertz CT molecular complexity index is 678. The van der Waals surface area contributed by atoms with E-state index in [4.69, 9.17) is 5.73 Å². The van der Waals surface area contributed by atoms with E-state index in [1.165, 1.54) is 0 Å². The van der Waals surface area contributed by atoms with E-state index in [9.17, 15) is 15.0 Å². The lowest BCUT2D eigenvalue weighted by Crippen LogP contribution is -2.32. The summed E-state index contributed by atoms with van der Waals surface area (Å²) in [4.78, 5) is 15.5. The summed E-state index contributed by atoms with van der Waals surface area (Å²) < 4.78 is 1.81. The summed E-state index contributed by atoms with van der Waals surface area (Å²) in [6, 6.07) is 6.74. The van der Waals surface area contributed by atoms with Crippen LogP contribution in [0.3, 0.4) is 0 Å². The number of phenolic OH excluding ortho intramolecular Hbond substituents is 1. The van der Waals surface area contributed by atoms with Crippen LogP contribution >= 0.6 is 0 Å². The maximum Gasteiger partial charge on any atom is 0.356 e. The van der Waals surface area contributed by atoms with Gasteiger partial charge in [0.15, 0.2) is 5.69 Å². The van der Waals surface area contributed by atoms with Crippen molar-refractivity contribution in [1.82, 2.24) is 9.55 Å². The van der Waals surface area contributed by atoms with Crippen LogP contribution in [0, 0.1) is 0 Å². The van der Waals surface area contributed by atoms with E-state index < -0.39 is 5.97 Å². The summed E-state index contributed by atoms with van der Waals surface area (Å²) in [6.45, 7) is 0.513. The summed E-state index contributed by atoms with van der Waals surface area (Å²) in [7, 11) is 0. The molecule has 0 radical (unpaired) electrons. The number of para-hydroxylation sites is 1. The molecular weight excluding hydrogens is 258 g/mol. The van der Waals surface area contributed by atoms with E-state index in [0.717, 1.165) is 6.42 Å². The van der Waals surface area contributed by atoms with Crippen molar-refractivity contribution in [3.05, 3.63) is 35.7 Å². The number of rotatable bonds is 2. The molecule has 1 aliphatic heterocycles. The van der Waals surface area contributed by atoms with Gasteiger partial charge in [0.05, 0.1) is 11.3 Å². The highest BCUT2D eigenvalue weighted by Gasteiger charge is 2.27. The Labute approximate surface area is 115 Å². The SMILES string of the molecule is NC1CCc2c(C(=O)O)nc(-c3ccccc3O)n2C1. The third-order valence-corrected chi connectivity index (χ3v) is 3.59. The first kappa shape index (κ1) is 12.7. The molecule has 6 nitrogen and oxygen atoms in total. The standard InChI is InChI=1S/C14H15N3O3/c15-8-5-6-10-12(14(19)20)16-13(17(10)7-8)9-3-1-2-4-11(9)18/h1-4,8,18H,5-7,15H2,(H,19,20). The number of imidazole rings is 1. The molecule has 0 fully saturated rings. The van der Waals surface area contributed by atoms with Crippen molar-refractivity contribution in [3.63, 3.8) is 0 Å². The number of hydrogen-bond acceptors (Lipinski definition) is 4. The van der Waals surface area contributed by atoms with Crippen molar-refractivity contribution in [2.45, 2.75) is 25.4 Å². The number of aromatic carboxylic acids is 1. The van der Waals surface area contributed by atoms with E-state index in [1.807, 2.05) is 4.57 Å². The Morgan fingerprint density at radius 2 is 2.15 bits per heavy atom. The topological polar surface area (TPSA) is 101 Å². The van der Waals surface area contributed by atoms with E-state index in [-0.39, 0.29) is 17.5 Å². The third-order valence-electron chi connectivity index (χ3n) is 3.59. The normalized spacial score (nSPS) is 17.8. The fourth-order valence-electron chi connectivity index (χ4n) is 2.62. The lowest BCUT2D eigenvalue weighted by Gasteiger charge is -2.22. The molecule has 1 atom stereocenters. The van der Waals surface area contributed by atoms with Gasteiger partial charge in [-0.1, -0.05) is 12.1 Å². The number of carbonyl (C=O) groups is 1. The summed E-state index contributed by atoms with van der Waals surface area (Å²) in [5.74, 6) is -0.507. The van der Waals surface area contributed by atoms with Crippen molar-refractivity contribution in [3.8, 4) is 17.1 Å². The Hall–Kier alpha value is -2.34. The first-order valence-electron chi connectivity index (χ1n) is 6.44. The Morgan fingerprint density at radius 1 is 1.40 bits per heavy atom. The molecule has 0 saturated heterocycles. The van der Waals surface area contributed by atoms with Crippen LogP contribution in [0.4, 0.5) is 0 Å². The molecule has 2 aromatic rings. The van der Waals surface area contributed by atoms with Crippen LogP contribution in [-0.2, 0) is 13.0 Å². The quantitative estimate of drug-likeness (QED) is 0.763. The number of phenols is 1. The highest BCUT2D eigenvalue weighted by molar-refractivity contribution is 5.88. The first-order chi connectivity index (χ1) is 9.58. The van der Waals surface area contributed by atoms with Gasteiger partial charge in [0, 0.05) is 12.6 Å². The van der Waals surface area contributed by atoms with Crippen molar-refractivity contribution < 1.29 is 15.0 Å². The average Bonchev–Trinajstić information content (AvgIpc) is 2.78. The number of nitrogens with two attached hydrogens (primary N) is 1. The number of hydrogen-bond donors (Lipinski definition) is 3. The van der Waals surface area contributed by atoms with Crippen molar-refractivity contribution >= 4 is 5.97 Å². The zero-order chi connectivity index (χ0) is 14.3. The monoisotopic (exact) mass is 273 g/mol. The fourth-order valence-corrected chi connectivity index (χ4v) is 2.62. The Morgan fingerprint density at radius 3 is 2.85 bits per heavy atom. The number of aromatic nitrogens is 2. The second kappa shape index (κ2) is 4.64. The zero-order valence-corrected chi connectivity index (χ0v) is 10.8. The van der Waals surface area contributed by atoms with Gasteiger partial charge in [-0.05, 0) is 25.0 Å². The predicted octanol–water partition coefficient (Wildman–Crippen LogP) is 1.23. The number of aromatic hydroxyl groups is 1. The lowest BCUT2D eigenvalue weighted by atomic mass is 10.0. The van der Waals surface area contributed by atoms with Crippen LogP contribution in [-0.4, -0.2) is 31.8 Å². The molecule has 0 amide bonds. The van der Waals surface area contributed by atoms with Crippen molar-refractivity contribution in [2.75, 3.05) is 0 Å². The van der Waals surface area contributed by atoms with E-state index in [2.05, 4.69) is 4.98 Å². The second-order valence-electron chi connectivity index (χ2n) is 4.96. The second-order valence-corrected chi connectivity index (χ2v) is 4.96. The average molecular weight is 273 g/mol. The number of fused-ring (bicyclic) bond motifs is 1. The van der Waals surface area contributed by atoms with Crippen LogP contribution in [0.5, 0.6) is 5.75 Å². The van der Waals surface area contributed by atoms with E-state index >= 15 is 0 Å². The van der Waals surface area contributed by atoms with Crippen molar-refractivity contribution in [1.29, 1.82) is 0 Å². The molecular formula is C14H15N3O3. The zero-order valence-electron chi connectivity index (χ0n) is 10.8. The van der Waals surface area contributed by atoms with Crippen LogP contribution in [0.1, 0.15) is 22.6 Å². The molecule has 104 valence electrons. The molecule has 6 heteroatoms. The highest BCUT2D eigenvalue weighted by Crippen LogP contribution is 2.32. The molecule has 0 bridgehead atoms. The maximum atomic E-state index is 11.3. The molecule has 0 saturated carbocycles. The summed E-state index contributed by atoms with van der Waals surface area (Å²) in [6.07, 6.45) is 1.33. The predicted molar refractivity (Wildman–Crippen MR) is 72.6 cm³/mol. The van der Waals surface area contributed by atoms with Crippen molar-refractivity contribution in [2.24, 2.45) is 5.73 Å². The van der Waals surface area contributed by atoms with Gasteiger partial charge in [0.2, 0.25) is 0 Å². The first-order valence-corrected chi connectivity index (χ1v) is 6.44. The lowest BCUT2D eigenvalue weighted by molar-refractivity contribution is 0.0689. The number of carboxylic acids is 1. The highest BCUT2D eigenvalue weighted by atomic mass is 16.4. The van der Waals surface area contributed by atoms with Crippen LogP contribution in [0.25, 0.3) is 11.4 Å². The molecule has 1 unspecified atom stereocenters. The van der Waals surface area contributed by atoms with Gasteiger partial charge < -0.3 is 20.5 Å². The van der Waals surface area contributed by atoms with Gasteiger partial charge in [0.1, 0.15) is 11.6 Å². The smallest absolute Gasteiger partial charge is 0.356 e. The Kier molecular flexibility index (Phi) is 2.94. The van der Waals surface area contributed by atoms with Gasteiger partial charge >= 0.3 is 5.97 Å². The fraction of sp³-hybridized carbons (Fsp3) is 0.286. The summed E-state index contributed by atoms with van der Waals surface area (Å²) >= 11 is 0. The number of carboxylic acid groups (broad SMARTS) is 1. The van der Waals surface area contributed by atoms with Gasteiger partial charge in [0.25, 0.3) is 0 Å². The molecule has 1 aromatic carbocycles.